The summed E-state index contributed by atoms with van der Waals surface area (Å²) < 4.78 is 0. The van der Waals surface area contributed by atoms with E-state index in [0.717, 1.165) is 11.3 Å². The van der Waals surface area contributed by atoms with Crippen LogP contribution in [0, 0.1) is 0 Å². The lowest BCUT2D eigenvalue weighted by atomic mass is 10.1. The Balaban J connectivity index is 2.36. The van der Waals surface area contributed by atoms with Crippen LogP contribution in [0.15, 0.2) is 18.2 Å². The van der Waals surface area contributed by atoms with Crippen molar-refractivity contribution >= 4 is 17.3 Å². The van der Waals surface area contributed by atoms with Gasteiger partial charge in [-0.1, -0.05) is 19.1 Å². The lowest BCUT2D eigenvalue weighted by Gasteiger charge is -2.27. The fourth-order valence-corrected chi connectivity index (χ4v) is 1.89. The number of aliphatic hydroxyl groups excluding tert-OH is 1. The van der Waals surface area contributed by atoms with E-state index in [9.17, 15) is 9.90 Å². The maximum atomic E-state index is 11.5. The highest BCUT2D eigenvalue weighted by Crippen LogP contribution is 2.33. The Labute approximate surface area is 100 Å². The van der Waals surface area contributed by atoms with E-state index in [1.165, 1.54) is 0 Å². The number of para-hydroxylation sites is 1. The molecule has 5 heteroatoms. The standard InChI is InChI=1S/C12H17N3O2/c1-3-13-12(17)8-5-4-6-9-10(8)14-7(2)11(16)15-9/h4-7,12-14,17H,3H2,1-2H3,(H,15,16)/t7-,12?/m1/s1. The molecule has 0 aliphatic carbocycles. The molecule has 0 radical (unpaired) electrons. The molecule has 2 rings (SSSR count). The zero-order chi connectivity index (χ0) is 12.4. The zero-order valence-corrected chi connectivity index (χ0v) is 9.95. The summed E-state index contributed by atoms with van der Waals surface area (Å²) >= 11 is 0. The van der Waals surface area contributed by atoms with Crippen molar-refractivity contribution in [3.05, 3.63) is 23.8 Å². The molecule has 0 fully saturated rings. The molecule has 1 aliphatic rings. The highest BCUT2D eigenvalue weighted by atomic mass is 16.3. The maximum Gasteiger partial charge on any atom is 0.246 e. The van der Waals surface area contributed by atoms with Crippen molar-refractivity contribution < 1.29 is 9.90 Å². The van der Waals surface area contributed by atoms with Crippen molar-refractivity contribution in [2.45, 2.75) is 26.1 Å². The van der Waals surface area contributed by atoms with Crippen molar-refractivity contribution in [2.75, 3.05) is 17.2 Å². The molecular formula is C12H17N3O2. The van der Waals surface area contributed by atoms with E-state index in [1.807, 2.05) is 25.1 Å². The van der Waals surface area contributed by atoms with Crippen LogP contribution in [-0.2, 0) is 4.79 Å². The Morgan fingerprint density at radius 1 is 1.53 bits per heavy atom. The first-order chi connectivity index (χ1) is 8.13. The van der Waals surface area contributed by atoms with E-state index in [2.05, 4.69) is 16.0 Å². The van der Waals surface area contributed by atoms with Gasteiger partial charge in [0, 0.05) is 5.56 Å². The molecule has 5 nitrogen and oxygen atoms in total. The number of carbonyl (C=O) groups is 1. The van der Waals surface area contributed by atoms with Crippen LogP contribution in [0.2, 0.25) is 0 Å². The third kappa shape index (κ3) is 2.25. The summed E-state index contributed by atoms with van der Waals surface area (Å²) in [5.41, 5.74) is 2.24. The Hall–Kier alpha value is -1.59. The number of nitrogens with one attached hydrogen (secondary N) is 3. The average molecular weight is 235 g/mol. The van der Waals surface area contributed by atoms with Gasteiger partial charge < -0.3 is 15.7 Å². The molecule has 1 unspecified atom stereocenters. The molecule has 0 aromatic heterocycles. The largest absolute Gasteiger partial charge is 0.374 e. The smallest absolute Gasteiger partial charge is 0.246 e. The predicted molar refractivity (Wildman–Crippen MR) is 66.8 cm³/mol. The first kappa shape index (κ1) is 11.9. The van der Waals surface area contributed by atoms with Crippen LogP contribution in [-0.4, -0.2) is 23.6 Å². The van der Waals surface area contributed by atoms with Gasteiger partial charge >= 0.3 is 0 Å². The number of anilines is 2. The second-order valence-corrected chi connectivity index (χ2v) is 4.09. The molecule has 1 amide bonds. The van der Waals surface area contributed by atoms with Gasteiger partial charge in [0.05, 0.1) is 11.4 Å². The van der Waals surface area contributed by atoms with Gasteiger partial charge in [-0.25, -0.2) is 0 Å². The molecule has 0 spiro atoms. The predicted octanol–water partition coefficient (Wildman–Crippen LogP) is 1.04. The minimum Gasteiger partial charge on any atom is -0.374 e. The summed E-state index contributed by atoms with van der Waals surface area (Å²) in [5.74, 6) is -0.0624. The first-order valence-electron chi connectivity index (χ1n) is 5.75. The van der Waals surface area contributed by atoms with Gasteiger partial charge in [-0.05, 0) is 19.5 Å². The van der Waals surface area contributed by atoms with E-state index >= 15 is 0 Å². The molecule has 1 aromatic carbocycles. The third-order valence-corrected chi connectivity index (χ3v) is 2.80. The van der Waals surface area contributed by atoms with Crippen molar-refractivity contribution in [2.24, 2.45) is 0 Å². The van der Waals surface area contributed by atoms with Gasteiger partial charge in [-0.2, -0.15) is 0 Å². The van der Waals surface area contributed by atoms with E-state index in [-0.39, 0.29) is 11.9 Å². The Morgan fingerprint density at radius 3 is 3.00 bits per heavy atom. The van der Waals surface area contributed by atoms with Gasteiger partial charge in [-0.15, -0.1) is 0 Å². The van der Waals surface area contributed by atoms with Crippen molar-refractivity contribution in [1.82, 2.24) is 5.32 Å². The van der Waals surface area contributed by atoms with Gasteiger partial charge in [0.15, 0.2) is 0 Å². The lowest BCUT2D eigenvalue weighted by molar-refractivity contribution is -0.116. The number of amides is 1. The van der Waals surface area contributed by atoms with Gasteiger partial charge in [0.1, 0.15) is 12.3 Å². The maximum absolute atomic E-state index is 11.5. The molecule has 1 aliphatic heterocycles. The number of hydrogen-bond acceptors (Lipinski definition) is 4. The van der Waals surface area contributed by atoms with Crippen LogP contribution in [0.4, 0.5) is 11.4 Å². The van der Waals surface area contributed by atoms with Crippen molar-refractivity contribution in [3.8, 4) is 0 Å². The number of carbonyl (C=O) groups excluding carboxylic acids is 1. The van der Waals surface area contributed by atoms with Crippen LogP contribution in [0.1, 0.15) is 25.6 Å². The monoisotopic (exact) mass is 235 g/mol. The quantitative estimate of drug-likeness (QED) is 0.591. The number of aliphatic hydroxyl groups is 1. The molecule has 0 bridgehead atoms. The molecule has 92 valence electrons. The molecule has 17 heavy (non-hydrogen) atoms. The molecule has 0 saturated carbocycles. The number of hydrogen-bond donors (Lipinski definition) is 4. The summed E-state index contributed by atoms with van der Waals surface area (Å²) in [6.07, 6.45) is -0.732. The number of fused-ring (bicyclic) bond motifs is 1. The van der Waals surface area contributed by atoms with Crippen LogP contribution in [0.5, 0.6) is 0 Å². The first-order valence-corrected chi connectivity index (χ1v) is 5.75. The normalized spacial score (nSPS) is 20.2. The van der Waals surface area contributed by atoms with E-state index in [0.29, 0.717) is 12.2 Å². The van der Waals surface area contributed by atoms with Crippen molar-refractivity contribution in [1.29, 1.82) is 0 Å². The average Bonchev–Trinajstić information content (AvgIpc) is 2.30. The van der Waals surface area contributed by atoms with Crippen LogP contribution in [0.3, 0.4) is 0 Å². The molecular weight excluding hydrogens is 218 g/mol. The lowest BCUT2D eigenvalue weighted by Crippen LogP contribution is -2.37. The van der Waals surface area contributed by atoms with Crippen LogP contribution in [0.25, 0.3) is 0 Å². The van der Waals surface area contributed by atoms with E-state index in [1.54, 1.807) is 6.92 Å². The van der Waals surface area contributed by atoms with Gasteiger partial charge in [0.25, 0.3) is 0 Å². The SMILES string of the molecule is CCNC(O)c1cccc2c1N[C@H](C)C(=O)N2. The minimum atomic E-state index is -0.732. The second kappa shape index (κ2) is 4.73. The molecule has 1 heterocycles. The summed E-state index contributed by atoms with van der Waals surface area (Å²) in [4.78, 5) is 11.5. The zero-order valence-electron chi connectivity index (χ0n) is 9.95. The summed E-state index contributed by atoms with van der Waals surface area (Å²) in [7, 11) is 0. The highest BCUT2D eigenvalue weighted by Gasteiger charge is 2.24. The van der Waals surface area contributed by atoms with Crippen molar-refractivity contribution in [3.63, 3.8) is 0 Å². The van der Waals surface area contributed by atoms with Gasteiger partial charge in [0.2, 0.25) is 5.91 Å². The molecule has 4 N–H and O–H groups in total. The fourth-order valence-electron chi connectivity index (χ4n) is 1.89. The Morgan fingerprint density at radius 2 is 2.29 bits per heavy atom. The topological polar surface area (TPSA) is 73.4 Å². The third-order valence-electron chi connectivity index (χ3n) is 2.80. The van der Waals surface area contributed by atoms with Crippen LogP contribution >= 0.6 is 0 Å². The van der Waals surface area contributed by atoms with Crippen LogP contribution < -0.4 is 16.0 Å². The molecule has 0 saturated heterocycles. The Bertz CT molecular complexity index is 434. The Kier molecular flexibility index (Phi) is 3.31. The summed E-state index contributed by atoms with van der Waals surface area (Å²) in [5, 5.41) is 18.8. The summed E-state index contributed by atoms with van der Waals surface area (Å²) in [6.45, 7) is 4.39. The fraction of sp³-hybridized carbons (Fsp3) is 0.417. The second-order valence-electron chi connectivity index (χ2n) is 4.09. The number of rotatable bonds is 3. The molecule has 2 atom stereocenters. The molecule has 1 aromatic rings. The van der Waals surface area contributed by atoms with E-state index in [4.69, 9.17) is 0 Å². The summed E-state index contributed by atoms with van der Waals surface area (Å²) in [6, 6.07) is 5.17. The van der Waals surface area contributed by atoms with E-state index < -0.39 is 6.23 Å². The minimum absolute atomic E-state index is 0.0624. The number of benzene rings is 1. The highest BCUT2D eigenvalue weighted by molar-refractivity contribution is 6.03. The van der Waals surface area contributed by atoms with Gasteiger partial charge in [-0.3, -0.25) is 10.1 Å².